The maximum absolute atomic E-state index is 12.4. The number of anilines is 1. The van der Waals surface area contributed by atoms with E-state index in [1.165, 1.54) is 11.3 Å². The molecule has 0 spiro atoms. The summed E-state index contributed by atoms with van der Waals surface area (Å²) in [5, 5.41) is 10.3. The molecule has 10 heteroatoms. The van der Waals surface area contributed by atoms with E-state index in [9.17, 15) is 4.79 Å². The third-order valence-electron chi connectivity index (χ3n) is 5.45. The fourth-order valence-corrected chi connectivity index (χ4v) is 4.52. The van der Waals surface area contributed by atoms with E-state index in [4.69, 9.17) is 4.98 Å². The summed E-state index contributed by atoms with van der Waals surface area (Å²) in [6.07, 6.45) is 6.19. The van der Waals surface area contributed by atoms with Crippen molar-refractivity contribution >= 4 is 23.2 Å². The number of nitrogens with one attached hydrogen (secondary N) is 1. The van der Waals surface area contributed by atoms with Crippen LogP contribution in [-0.4, -0.2) is 54.1 Å². The Labute approximate surface area is 189 Å². The predicted molar refractivity (Wildman–Crippen MR) is 122 cm³/mol. The van der Waals surface area contributed by atoms with Crippen molar-refractivity contribution in [2.45, 2.75) is 18.9 Å². The van der Waals surface area contributed by atoms with Gasteiger partial charge in [0.25, 0.3) is 0 Å². The van der Waals surface area contributed by atoms with E-state index in [-0.39, 0.29) is 11.8 Å². The number of likely N-dealkylation sites (tertiary alicyclic amines) is 1. The first-order chi connectivity index (χ1) is 15.6. The van der Waals surface area contributed by atoms with E-state index in [2.05, 4.69) is 25.4 Å². The zero-order valence-electron chi connectivity index (χ0n) is 17.8. The Morgan fingerprint density at radius 1 is 1.09 bits per heavy atom. The normalized spacial score (nSPS) is 16.0. The number of aryl methyl sites for hydroxylation is 1. The van der Waals surface area contributed by atoms with Gasteiger partial charge in [-0.05, 0) is 36.2 Å². The summed E-state index contributed by atoms with van der Waals surface area (Å²) in [4.78, 5) is 32.3. The van der Waals surface area contributed by atoms with Crippen molar-refractivity contribution in [3.63, 3.8) is 0 Å². The fourth-order valence-electron chi connectivity index (χ4n) is 3.73. The molecule has 9 nitrogen and oxygen atoms in total. The van der Waals surface area contributed by atoms with Crippen LogP contribution in [0, 0.1) is 0 Å². The van der Waals surface area contributed by atoms with Crippen LogP contribution >= 0.6 is 11.3 Å². The van der Waals surface area contributed by atoms with Crippen molar-refractivity contribution in [2.75, 3.05) is 18.9 Å². The van der Waals surface area contributed by atoms with E-state index in [0.29, 0.717) is 12.5 Å². The van der Waals surface area contributed by atoms with Gasteiger partial charge in [0.05, 0.1) is 23.9 Å². The molecule has 0 bridgehead atoms. The molecule has 0 saturated carbocycles. The average molecular weight is 447 g/mol. The highest BCUT2D eigenvalue weighted by Crippen LogP contribution is 2.31. The largest absolute Gasteiger partial charge is 0.348 e. The van der Waals surface area contributed by atoms with Gasteiger partial charge in [-0.25, -0.2) is 15.0 Å². The minimum absolute atomic E-state index is 0.102. The summed E-state index contributed by atoms with van der Waals surface area (Å²) in [5.74, 6) is 0.580. The van der Waals surface area contributed by atoms with Crippen molar-refractivity contribution < 1.29 is 4.79 Å². The number of aromatic nitrogens is 6. The van der Waals surface area contributed by atoms with Gasteiger partial charge >= 0.3 is 0 Å². The van der Waals surface area contributed by atoms with Crippen LogP contribution in [0.25, 0.3) is 22.1 Å². The molecule has 0 aromatic carbocycles. The number of carbonyl (C=O) groups is 1. The van der Waals surface area contributed by atoms with Gasteiger partial charge < -0.3 is 10.2 Å². The first kappa shape index (κ1) is 20.3. The summed E-state index contributed by atoms with van der Waals surface area (Å²) >= 11 is 1.50. The number of likely N-dealkylation sites (N-methyl/N-ethyl adjacent to an activating group) is 1. The first-order valence-corrected chi connectivity index (χ1v) is 11.2. The summed E-state index contributed by atoms with van der Waals surface area (Å²) < 4.78 is 1.76. The second-order valence-corrected chi connectivity index (χ2v) is 8.57. The molecule has 1 atom stereocenters. The molecular weight excluding hydrogens is 424 g/mol. The third kappa shape index (κ3) is 4.09. The Balaban J connectivity index is 1.34. The van der Waals surface area contributed by atoms with Crippen molar-refractivity contribution in [1.29, 1.82) is 0 Å². The van der Waals surface area contributed by atoms with Crippen LogP contribution in [-0.2, 0) is 18.4 Å². The summed E-state index contributed by atoms with van der Waals surface area (Å²) in [6, 6.07) is 7.68. The molecular formula is C22H22N8OS. The lowest BCUT2D eigenvalue weighted by Crippen LogP contribution is -2.21. The zero-order valence-corrected chi connectivity index (χ0v) is 18.6. The highest BCUT2D eigenvalue weighted by atomic mass is 32.1. The second kappa shape index (κ2) is 8.46. The summed E-state index contributed by atoms with van der Waals surface area (Å²) in [7, 11) is 3.73. The Morgan fingerprint density at radius 2 is 1.97 bits per heavy atom. The van der Waals surface area contributed by atoms with Gasteiger partial charge in [-0.2, -0.15) is 5.10 Å². The van der Waals surface area contributed by atoms with Gasteiger partial charge in [0.1, 0.15) is 16.4 Å². The monoisotopic (exact) mass is 446 g/mol. The Bertz CT molecular complexity index is 1270. The van der Waals surface area contributed by atoms with Crippen LogP contribution in [0.4, 0.5) is 5.95 Å². The first-order valence-electron chi connectivity index (χ1n) is 10.3. The molecule has 162 valence electrons. The van der Waals surface area contributed by atoms with Crippen molar-refractivity contribution in [3.05, 3.63) is 59.5 Å². The lowest BCUT2D eigenvalue weighted by Gasteiger charge is -2.11. The molecule has 1 fully saturated rings. The lowest BCUT2D eigenvalue weighted by atomic mass is 9.98. The number of hydrogen-bond acceptors (Lipinski definition) is 8. The van der Waals surface area contributed by atoms with Gasteiger partial charge in [0, 0.05) is 44.6 Å². The standard InChI is InChI=1S/C22H22N8OS/c1-29-9-6-16(21(29)31)14-3-7-23-18(11-14)19-13-32-20(26-19)17-4-8-24-22(27-17)25-12-15-5-10-30(2)28-15/h3-5,7-8,10-11,13,16H,6,9,12H2,1-2H3,(H,24,25,27)/t16-/m1/s1. The molecule has 1 amide bonds. The quantitative estimate of drug-likeness (QED) is 0.486. The Morgan fingerprint density at radius 3 is 2.75 bits per heavy atom. The molecule has 1 saturated heterocycles. The molecule has 4 aromatic heterocycles. The van der Waals surface area contributed by atoms with E-state index >= 15 is 0 Å². The average Bonchev–Trinajstić information content (AvgIpc) is 3.54. The Hall–Kier alpha value is -3.66. The highest BCUT2D eigenvalue weighted by Gasteiger charge is 2.30. The Kier molecular flexibility index (Phi) is 5.36. The molecule has 5 rings (SSSR count). The molecule has 0 aliphatic carbocycles. The van der Waals surface area contributed by atoms with Crippen LogP contribution in [0.2, 0.25) is 0 Å². The molecule has 1 aliphatic heterocycles. The number of rotatable bonds is 6. The fraction of sp³-hybridized carbons (Fsp3) is 0.273. The molecule has 4 aromatic rings. The second-order valence-electron chi connectivity index (χ2n) is 7.71. The highest BCUT2D eigenvalue weighted by molar-refractivity contribution is 7.13. The SMILES string of the molecule is CN1CC[C@H](c2ccnc(-c3csc(-c4ccnc(NCc5ccn(C)n5)n4)n3)c2)C1=O. The van der Waals surface area contributed by atoms with Gasteiger partial charge in [-0.1, -0.05) is 0 Å². The van der Waals surface area contributed by atoms with Gasteiger partial charge in [-0.3, -0.25) is 14.5 Å². The van der Waals surface area contributed by atoms with Gasteiger partial charge in [-0.15, -0.1) is 11.3 Å². The molecule has 0 unspecified atom stereocenters. The zero-order chi connectivity index (χ0) is 22.1. The summed E-state index contributed by atoms with van der Waals surface area (Å²) in [5.41, 5.74) is 4.17. The van der Waals surface area contributed by atoms with E-state index < -0.39 is 0 Å². The summed E-state index contributed by atoms with van der Waals surface area (Å²) in [6.45, 7) is 1.33. The van der Waals surface area contributed by atoms with E-state index in [1.54, 1.807) is 22.0 Å². The van der Waals surface area contributed by atoms with Crippen molar-refractivity contribution in [2.24, 2.45) is 7.05 Å². The smallest absolute Gasteiger partial charge is 0.229 e. The van der Waals surface area contributed by atoms with E-state index in [1.807, 2.05) is 49.9 Å². The van der Waals surface area contributed by atoms with Crippen LogP contribution in [0.3, 0.4) is 0 Å². The number of carbonyl (C=O) groups excluding carboxylic acids is 1. The van der Waals surface area contributed by atoms with Gasteiger partial charge in [0.2, 0.25) is 11.9 Å². The predicted octanol–water partition coefficient (Wildman–Crippen LogP) is 2.95. The van der Waals surface area contributed by atoms with Crippen LogP contribution < -0.4 is 5.32 Å². The number of nitrogens with zero attached hydrogens (tertiary/aromatic N) is 7. The van der Waals surface area contributed by atoms with Crippen LogP contribution in [0.1, 0.15) is 23.6 Å². The number of amides is 1. The van der Waals surface area contributed by atoms with E-state index in [0.717, 1.165) is 46.3 Å². The molecule has 1 aliphatic rings. The molecule has 32 heavy (non-hydrogen) atoms. The maximum atomic E-state index is 12.4. The maximum Gasteiger partial charge on any atom is 0.229 e. The van der Waals surface area contributed by atoms with Crippen LogP contribution in [0.5, 0.6) is 0 Å². The minimum atomic E-state index is -0.102. The van der Waals surface area contributed by atoms with Gasteiger partial charge in [0.15, 0.2) is 0 Å². The number of hydrogen-bond donors (Lipinski definition) is 1. The number of thiazole rings is 1. The topological polar surface area (TPSA) is 102 Å². The molecule has 1 N–H and O–H groups in total. The number of pyridine rings is 1. The molecule has 5 heterocycles. The van der Waals surface area contributed by atoms with Crippen molar-refractivity contribution in [1.82, 2.24) is 34.6 Å². The van der Waals surface area contributed by atoms with Crippen molar-refractivity contribution in [3.8, 4) is 22.1 Å². The lowest BCUT2D eigenvalue weighted by molar-refractivity contribution is -0.127. The third-order valence-corrected chi connectivity index (χ3v) is 6.32. The van der Waals surface area contributed by atoms with Crippen LogP contribution in [0.15, 0.2) is 48.2 Å². The molecule has 0 radical (unpaired) electrons. The minimum Gasteiger partial charge on any atom is -0.348 e.